The van der Waals surface area contributed by atoms with E-state index in [9.17, 15) is 9.90 Å². The zero-order valence-electron chi connectivity index (χ0n) is 26.7. The van der Waals surface area contributed by atoms with Crippen LogP contribution in [0, 0.1) is 34.5 Å². The minimum absolute atomic E-state index is 0.0216. The monoisotopic (exact) mass is 624 g/mol. The van der Waals surface area contributed by atoms with Gasteiger partial charge >= 0.3 is 0 Å². The predicted octanol–water partition coefficient (Wildman–Crippen LogP) is 5.71. The lowest BCUT2D eigenvalue weighted by Gasteiger charge is -2.61. The molecule has 0 amide bonds. The lowest BCUT2D eigenvalue weighted by atomic mass is 9.45. The molecule has 6 heteroatoms. The van der Waals surface area contributed by atoms with E-state index in [1.165, 1.54) is 22.0 Å². The number of aliphatic hydroxyl groups is 1. The Morgan fingerprint density at radius 2 is 1.33 bits per heavy atom. The molecule has 2 N–H and O–H groups in total. The van der Waals surface area contributed by atoms with Crippen LogP contribution in [-0.2, 0) is 14.0 Å². The van der Waals surface area contributed by atoms with Crippen LogP contribution in [0.15, 0.2) is 91.0 Å². The van der Waals surface area contributed by atoms with Gasteiger partial charge in [0.1, 0.15) is 5.78 Å². The van der Waals surface area contributed by atoms with E-state index in [0.717, 1.165) is 58.3 Å². The summed E-state index contributed by atoms with van der Waals surface area (Å²) in [6, 6.07) is 32.8. The molecule has 238 valence electrons. The number of hydrogen-bond acceptors (Lipinski definition) is 4. The zero-order valence-corrected chi connectivity index (χ0v) is 27.7. The molecule has 0 heterocycles. The average Bonchev–Trinajstić information content (AvgIpc) is 3.38. The van der Waals surface area contributed by atoms with E-state index in [4.69, 9.17) is 14.3 Å². The molecule has 0 aliphatic heterocycles. The van der Waals surface area contributed by atoms with Crippen LogP contribution >= 0.6 is 0 Å². The maximum atomic E-state index is 12.9. The maximum Gasteiger partial charge on any atom is 0.300 e. The highest BCUT2D eigenvalue weighted by atomic mass is 28.4. The number of benzene rings is 3. The first kappa shape index (κ1) is 31.9. The molecule has 0 unspecified atom stereocenters. The third-order valence-electron chi connectivity index (χ3n) is 12.2. The molecule has 4 fully saturated rings. The van der Waals surface area contributed by atoms with Crippen LogP contribution in [-0.4, -0.2) is 43.0 Å². The zero-order chi connectivity index (χ0) is 31.7. The van der Waals surface area contributed by atoms with Gasteiger partial charge in [0.25, 0.3) is 14.3 Å². The minimum atomic E-state index is -2.77. The van der Waals surface area contributed by atoms with Gasteiger partial charge in [-0.2, -0.15) is 0 Å². The van der Waals surface area contributed by atoms with Gasteiger partial charge in [0, 0.05) is 31.5 Å². The Bertz CT molecular complexity index is 1360. The highest BCUT2D eigenvalue weighted by Crippen LogP contribution is 2.65. The Balaban J connectivity index is 0.000000845. The van der Waals surface area contributed by atoms with Gasteiger partial charge < -0.3 is 14.6 Å². The minimum Gasteiger partial charge on any atom is -0.481 e. The molecule has 3 aromatic carbocycles. The maximum absolute atomic E-state index is 12.9. The van der Waals surface area contributed by atoms with Crippen LogP contribution in [0.1, 0.15) is 71.6 Å². The van der Waals surface area contributed by atoms with Gasteiger partial charge in [0.05, 0.1) is 0 Å². The molecule has 3 aromatic rings. The number of carbonyl (C=O) groups excluding carboxylic acids is 1. The summed E-state index contributed by atoms with van der Waals surface area (Å²) in [4.78, 5) is 21.9. The highest BCUT2D eigenvalue weighted by molar-refractivity contribution is 7.07. The van der Waals surface area contributed by atoms with E-state index in [1.807, 2.05) is 0 Å². The van der Waals surface area contributed by atoms with E-state index in [0.29, 0.717) is 29.5 Å². The molecule has 0 saturated heterocycles. The van der Waals surface area contributed by atoms with Crippen molar-refractivity contribution in [2.45, 2.75) is 77.7 Å². The molecular weight excluding hydrogens is 577 g/mol. The third-order valence-corrected chi connectivity index (χ3v) is 16.3. The quantitative estimate of drug-likeness (QED) is 0.271. The fourth-order valence-corrected chi connectivity index (χ4v) is 14.3. The molecule has 0 radical (unpaired) electrons. The van der Waals surface area contributed by atoms with Gasteiger partial charge in [0.2, 0.25) is 0 Å². The normalized spacial score (nSPS) is 32.3. The summed E-state index contributed by atoms with van der Waals surface area (Å²) < 4.78 is 7.62. The summed E-state index contributed by atoms with van der Waals surface area (Å²) in [5.74, 6) is 1.79. The summed E-state index contributed by atoms with van der Waals surface area (Å²) in [5.41, 5.74) is -0.135. The SMILES string of the molecule is CC(=O)O.C[C@]12CC[C@H]3[C@@H](CC[C@H]4C[C@@H](O[Si](c5ccccc5)(c5ccccc5)c5ccccc5)CC[C@@]43CO)[C@@H]1CCC2=O. The molecule has 4 saturated carbocycles. The predicted molar refractivity (Wildman–Crippen MR) is 180 cm³/mol. The van der Waals surface area contributed by atoms with E-state index >= 15 is 0 Å². The first-order chi connectivity index (χ1) is 21.7. The van der Waals surface area contributed by atoms with Crippen molar-refractivity contribution in [1.82, 2.24) is 0 Å². The first-order valence-electron chi connectivity index (χ1n) is 16.9. The molecule has 0 aromatic heterocycles. The molecule has 5 nitrogen and oxygen atoms in total. The van der Waals surface area contributed by atoms with E-state index < -0.39 is 14.3 Å². The second kappa shape index (κ2) is 13.0. The van der Waals surface area contributed by atoms with Gasteiger partial charge in [0.15, 0.2) is 0 Å². The van der Waals surface area contributed by atoms with Crippen molar-refractivity contribution < 1.29 is 24.2 Å². The summed E-state index contributed by atoms with van der Waals surface area (Å²) in [5, 5.41) is 22.4. The van der Waals surface area contributed by atoms with Crippen LogP contribution in [0.25, 0.3) is 0 Å². The Hall–Kier alpha value is -3.06. The molecule has 45 heavy (non-hydrogen) atoms. The van der Waals surface area contributed by atoms with Gasteiger partial charge in [-0.1, -0.05) is 97.9 Å². The number of hydrogen-bond donors (Lipinski definition) is 2. The van der Waals surface area contributed by atoms with Crippen LogP contribution in [0.4, 0.5) is 0 Å². The molecule has 0 spiro atoms. The molecule has 7 rings (SSSR count). The second-order valence-electron chi connectivity index (χ2n) is 14.3. The summed E-state index contributed by atoms with van der Waals surface area (Å²) in [6.07, 6.45) is 9.49. The van der Waals surface area contributed by atoms with Crippen LogP contribution < -0.4 is 15.6 Å². The van der Waals surface area contributed by atoms with E-state index in [-0.39, 0.29) is 23.5 Å². The number of rotatable bonds is 6. The Morgan fingerprint density at radius 1 is 0.800 bits per heavy atom. The molecule has 4 aliphatic carbocycles. The van der Waals surface area contributed by atoms with Crippen LogP contribution in [0.3, 0.4) is 0 Å². The molecule has 7 atom stereocenters. The van der Waals surface area contributed by atoms with Crippen molar-refractivity contribution in [3.8, 4) is 0 Å². The van der Waals surface area contributed by atoms with Crippen molar-refractivity contribution in [1.29, 1.82) is 0 Å². The number of aliphatic hydroxyl groups excluding tert-OH is 1. The van der Waals surface area contributed by atoms with Gasteiger partial charge in [-0.05, 0) is 96.0 Å². The number of fused-ring (bicyclic) bond motifs is 5. The number of carboxylic acids is 1. The second-order valence-corrected chi connectivity index (χ2v) is 17.6. The smallest absolute Gasteiger partial charge is 0.300 e. The highest BCUT2D eigenvalue weighted by Gasteiger charge is 2.62. The molecule has 0 bridgehead atoms. The summed E-state index contributed by atoms with van der Waals surface area (Å²) in [6.45, 7) is 3.62. The van der Waals surface area contributed by atoms with Crippen molar-refractivity contribution >= 4 is 35.6 Å². The number of carbonyl (C=O) groups is 2. The van der Waals surface area contributed by atoms with Crippen molar-refractivity contribution in [3.63, 3.8) is 0 Å². The first-order valence-corrected chi connectivity index (χ1v) is 18.8. The number of aliphatic carboxylic acids is 1. The summed E-state index contributed by atoms with van der Waals surface area (Å²) >= 11 is 0. The number of carboxylic acid groups (broad SMARTS) is 1. The van der Waals surface area contributed by atoms with Crippen molar-refractivity contribution in [2.75, 3.05) is 6.61 Å². The number of ketones is 1. The third kappa shape index (κ3) is 5.64. The Kier molecular flexibility index (Phi) is 9.20. The fraction of sp³-hybridized carbons (Fsp3) is 0.487. The van der Waals surface area contributed by atoms with E-state index in [2.05, 4.69) is 97.9 Å². The lowest BCUT2D eigenvalue weighted by molar-refractivity contribution is -0.155. The van der Waals surface area contributed by atoms with Gasteiger partial charge in [-0.15, -0.1) is 0 Å². The topological polar surface area (TPSA) is 83.8 Å². The van der Waals surface area contributed by atoms with Gasteiger partial charge in [-0.3, -0.25) is 9.59 Å². The largest absolute Gasteiger partial charge is 0.481 e. The Morgan fingerprint density at radius 3 is 1.84 bits per heavy atom. The van der Waals surface area contributed by atoms with Crippen molar-refractivity contribution in [3.05, 3.63) is 91.0 Å². The fourth-order valence-electron chi connectivity index (χ4n) is 10.2. The number of Topliss-reactive ketones (excluding diaryl/α,β-unsaturated/α-hetero) is 1. The van der Waals surface area contributed by atoms with Crippen molar-refractivity contribution in [2.24, 2.45) is 34.5 Å². The standard InChI is InChI=1S/C37H44O3Si.C2H4O2/c1-36-23-22-34-32(33(36)19-20-35(36)39)18-17-27-25-28(21-24-37(27,34)26-38)40-41(29-11-5-2-6-12-29,30-13-7-3-8-14-30)31-15-9-4-10-16-31;1-2(3)4/h2-16,27-28,32-34,38H,17-26H2,1H3;1H3,(H,3,4)/t27-,28-,32-,33-,34-,36-,37+;/m0./s1. The van der Waals surface area contributed by atoms with Gasteiger partial charge in [-0.25, -0.2) is 0 Å². The van der Waals surface area contributed by atoms with Crippen LogP contribution in [0.5, 0.6) is 0 Å². The molecule has 4 aliphatic rings. The Labute approximate surface area is 269 Å². The summed E-state index contributed by atoms with van der Waals surface area (Å²) in [7, 11) is -2.77. The van der Waals surface area contributed by atoms with Crippen LogP contribution in [0.2, 0.25) is 0 Å². The molecular formula is C39H48O5Si. The van der Waals surface area contributed by atoms with E-state index in [1.54, 1.807) is 0 Å². The average molecular weight is 625 g/mol. The lowest BCUT2D eigenvalue weighted by Crippen LogP contribution is -2.71.